The Kier molecular flexibility index (Phi) is 5.77. The third kappa shape index (κ3) is 5.02. The fourth-order valence-corrected chi connectivity index (χ4v) is 3.14. The number of rotatable bonds is 5. The predicted octanol–water partition coefficient (Wildman–Crippen LogP) is 0.399. The number of nitrogens with zero attached hydrogens (tertiary/aromatic N) is 2. The summed E-state index contributed by atoms with van der Waals surface area (Å²) in [5.41, 5.74) is 0.282. The average molecular weight is 345 g/mol. The molecule has 0 spiro atoms. The van der Waals surface area contributed by atoms with E-state index in [1.165, 1.54) is 0 Å². The number of carbonyl (C=O) groups is 1. The van der Waals surface area contributed by atoms with Crippen LogP contribution < -0.4 is 4.72 Å². The number of hydrogen-bond acceptors (Lipinski definition) is 6. The van der Waals surface area contributed by atoms with Crippen molar-refractivity contribution in [3.8, 4) is 0 Å². The Balaban J connectivity index is 2.03. The van der Waals surface area contributed by atoms with Gasteiger partial charge in [0.25, 0.3) is 5.91 Å². The molecule has 1 aromatic heterocycles. The Morgan fingerprint density at radius 3 is 2.87 bits per heavy atom. The second-order valence-corrected chi connectivity index (χ2v) is 7.69. The van der Waals surface area contributed by atoms with Gasteiger partial charge in [0.15, 0.2) is 5.69 Å². The summed E-state index contributed by atoms with van der Waals surface area (Å²) in [6, 6.07) is 1.53. The van der Waals surface area contributed by atoms with Gasteiger partial charge in [0.1, 0.15) is 5.76 Å². The van der Waals surface area contributed by atoms with Crippen LogP contribution in [0.1, 0.15) is 29.6 Å². The van der Waals surface area contributed by atoms with Gasteiger partial charge < -0.3 is 14.2 Å². The van der Waals surface area contributed by atoms with Gasteiger partial charge in [0, 0.05) is 31.1 Å². The molecule has 0 saturated carbocycles. The summed E-state index contributed by atoms with van der Waals surface area (Å²) in [5.74, 6) is 0.436. The predicted molar refractivity (Wildman–Crippen MR) is 83.5 cm³/mol. The lowest BCUT2D eigenvalue weighted by Crippen LogP contribution is -2.44. The van der Waals surface area contributed by atoms with E-state index in [0.717, 1.165) is 6.26 Å². The van der Waals surface area contributed by atoms with Crippen molar-refractivity contribution in [1.82, 2.24) is 14.8 Å². The molecule has 8 nitrogen and oxygen atoms in total. The zero-order valence-electron chi connectivity index (χ0n) is 13.6. The molecule has 0 aromatic carbocycles. The zero-order valence-corrected chi connectivity index (χ0v) is 14.4. The molecular formula is C14H23N3O5S. The van der Waals surface area contributed by atoms with E-state index >= 15 is 0 Å². The highest BCUT2D eigenvalue weighted by Gasteiger charge is 2.31. The first-order chi connectivity index (χ1) is 10.8. The summed E-state index contributed by atoms with van der Waals surface area (Å²) >= 11 is 0. The Hall–Kier alpha value is -1.45. The van der Waals surface area contributed by atoms with Crippen LogP contribution in [0.2, 0.25) is 0 Å². The summed E-state index contributed by atoms with van der Waals surface area (Å²) in [6.07, 6.45) is 1.72. The first-order valence-corrected chi connectivity index (χ1v) is 9.44. The summed E-state index contributed by atoms with van der Waals surface area (Å²) < 4.78 is 35.3. The van der Waals surface area contributed by atoms with Crippen LogP contribution in [-0.2, 0) is 14.8 Å². The molecule has 2 atom stereocenters. The minimum absolute atomic E-state index is 0.0451. The molecule has 130 valence electrons. The van der Waals surface area contributed by atoms with Crippen LogP contribution in [0.5, 0.6) is 0 Å². The minimum Gasteiger partial charge on any atom is -0.379 e. The molecule has 1 aromatic rings. The number of ether oxygens (including phenoxy) is 1. The van der Waals surface area contributed by atoms with E-state index < -0.39 is 10.0 Å². The van der Waals surface area contributed by atoms with Gasteiger partial charge in [-0.1, -0.05) is 5.16 Å². The summed E-state index contributed by atoms with van der Waals surface area (Å²) in [5, 5.41) is 3.78. The molecule has 1 fully saturated rings. The van der Waals surface area contributed by atoms with Gasteiger partial charge in [0.05, 0.1) is 19.5 Å². The molecule has 1 aliphatic heterocycles. The molecule has 0 unspecified atom stereocenters. The Labute approximate surface area is 136 Å². The molecule has 1 aliphatic rings. The number of sulfonamides is 1. The van der Waals surface area contributed by atoms with Crippen LogP contribution in [0.15, 0.2) is 10.6 Å². The van der Waals surface area contributed by atoms with Crippen molar-refractivity contribution in [2.24, 2.45) is 5.92 Å². The lowest BCUT2D eigenvalue weighted by molar-refractivity contribution is 0.0648. The van der Waals surface area contributed by atoms with Crippen molar-refractivity contribution in [2.45, 2.75) is 26.3 Å². The van der Waals surface area contributed by atoms with Crippen molar-refractivity contribution in [3.63, 3.8) is 0 Å². The number of hydrogen-bond donors (Lipinski definition) is 1. The number of aromatic nitrogens is 1. The first kappa shape index (κ1) is 17.9. The molecule has 2 heterocycles. The van der Waals surface area contributed by atoms with E-state index in [2.05, 4.69) is 9.88 Å². The van der Waals surface area contributed by atoms with E-state index in [4.69, 9.17) is 9.26 Å². The minimum atomic E-state index is -3.22. The maximum atomic E-state index is 12.6. The van der Waals surface area contributed by atoms with Gasteiger partial charge in [-0.15, -0.1) is 0 Å². The third-order valence-corrected chi connectivity index (χ3v) is 4.70. The molecule has 2 rings (SSSR count). The number of amides is 1. The van der Waals surface area contributed by atoms with Crippen molar-refractivity contribution in [2.75, 3.05) is 32.6 Å². The molecule has 1 N–H and O–H groups in total. The SMILES string of the molecule is Cc1cc(C(=O)N2CCOC[C@@H](CCNS(C)(=O)=O)[C@@H]2C)no1. The largest absolute Gasteiger partial charge is 0.379 e. The van der Waals surface area contributed by atoms with Gasteiger partial charge in [-0.3, -0.25) is 4.79 Å². The normalized spacial score (nSPS) is 22.8. The van der Waals surface area contributed by atoms with Crippen molar-refractivity contribution in [3.05, 3.63) is 17.5 Å². The Morgan fingerprint density at radius 1 is 1.52 bits per heavy atom. The molecule has 0 bridgehead atoms. The quantitative estimate of drug-likeness (QED) is 0.829. The lowest BCUT2D eigenvalue weighted by Gasteiger charge is -2.31. The Morgan fingerprint density at radius 2 is 2.26 bits per heavy atom. The zero-order chi connectivity index (χ0) is 17.0. The van der Waals surface area contributed by atoms with Crippen LogP contribution in [0.3, 0.4) is 0 Å². The molecular weight excluding hydrogens is 322 g/mol. The smallest absolute Gasteiger partial charge is 0.276 e. The third-order valence-electron chi connectivity index (χ3n) is 3.97. The molecule has 1 saturated heterocycles. The van der Waals surface area contributed by atoms with Crippen molar-refractivity contribution >= 4 is 15.9 Å². The summed E-state index contributed by atoms with van der Waals surface area (Å²) in [7, 11) is -3.22. The maximum Gasteiger partial charge on any atom is 0.276 e. The van der Waals surface area contributed by atoms with Gasteiger partial charge in [-0.05, 0) is 20.3 Å². The highest BCUT2D eigenvalue weighted by Crippen LogP contribution is 2.21. The van der Waals surface area contributed by atoms with E-state index in [1.54, 1.807) is 17.9 Å². The lowest BCUT2D eigenvalue weighted by atomic mass is 9.97. The number of aryl methyl sites for hydroxylation is 1. The van der Waals surface area contributed by atoms with E-state index in [-0.39, 0.29) is 23.6 Å². The molecule has 0 radical (unpaired) electrons. The summed E-state index contributed by atoms with van der Waals surface area (Å²) in [4.78, 5) is 14.3. The van der Waals surface area contributed by atoms with Crippen LogP contribution in [0.4, 0.5) is 0 Å². The van der Waals surface area contributed by atoms with Crippen LogP contribution in [0.25, 0.3) is 0 Å². The number of carbonyl (C=O) groups excluding carboxylic acids is 1. The van der Waals surface area contributed by atoms with Crippen LogP contribution in [-0.4, -0.2) is 63.0 Å². The molecule has 1 amide bonds. The van der Waals surface area contributed by atoms with Crippen LogP contribution in [0, 0.1) is 12.8 Å². The first-order valence-electron chi connectivity index (χ1n) is 7.54. The van der Waals surface area contributed by atoms with E-state index in [1.807, 2.05) is 6.92 Å². The van der Waals surface area contributed by atoms with Gasteiger partial charge >= 0.3 is 0 Å². The topological polar surface area (TPSA) is 102 Å². The van der Waals surface area contributed by atoms with E-state index in [9.17, 15) is 13.2 Å². The second-order valence-electron chi connectivity index (χ2n) is 5.85. The monoisotopic (exact) mass is 345 g/mol. The van der Waals surface area contributed by atoms with Gasteiger partial charge in [-0.25, -0.2) is 13.1 Å². The fourth-order valence-electron chi connectivity index (χ4n) is 2.65. The Bertz CT molecular complexity index is 643. The molecule has 0 aliphatic carbocycles. The average Bonchev–Trinajstić information content (AvgIpc) is 2.81. The van der Waals surface area contributed by atoms with Gasteiger partial charge in [0.2, 0.25) is 10.0 Å². The number of nitrogens with one attached hydrogen (secondary N) is 1. The van der Waals surface area contributed by atoms with Gasteiger partial charge in [-0.2, -0.15) is 0 Å². The summed E-state index contributed by atoms with van der Waals surface area (Å²) in [6.45, 7) is 5.42. The standard InChI is InChI=1S/C14H23N3O5S/c1-10-8-13(16-22-10)14(18)17-6-7-21-9-12(11(17)2)4-5-15-23(3,19)20/h8,11-12,15H,4-7,9H2,1-3H3/t11-,12+/m0/s1. The van der Waals surface area contributed by atoms with Crippen LogP contribution >= 0.6 is 0 Å². The molecule has 23 heavy (non-hydrogen) atoms. The van der Waals surface area contributed by atoms with E-state index in [0.29, 0.717) is 38.5 Å². The maximum absolute atomic E-state index is 12.6. The molecule has 9 heteroatoms. The van der Waals surface area contributed by atoms with Crippen molar-refractivity contribution < 1.29 is 22.5 Å². The fraction of sp³-hybridized carbons (Fsp3) is 0.714. The van der Waals surface area contributed by atoms with Crippen molar-refractivity contribution in [1.29, 1.82) is 0 Å². The highest BCUT2D eigenvalue weighted by molar-refractivity contribution is 7.88. The second kappa shape index (κ2) is 7.41. The highest BCUT2D eigenvalue weighted by atomic mass is 32.2.